The van der Waals surface area contributed by atoms with E-state index >= 15 is 0 Å². The first-order chi connectivity index (χ1) is 9.87. The number of nitrogens with two attached hydrogens (primary N) is 1. The van der Waals surface area contributed by atoms with Gasteiger partial charge in [-0.3, -0.25) is 9.78 Å². The second kappa shape index (κ2) is 6.22. The molecule has 1 heterocycles. The zero-order valence-corrected chi connectivity index (χ0v) is 12.9. The summed E-state index contributed by atoms with van der Waals surface area (Å²) in [6.07, 6.45) is 2.52. The van der Waals surface area contributed by atoms with Gasteiger partial charge in [-0.1, -0.05) is 45.0 Å². The number of benzene rings is 1. The average Bonchev–Trinajstić information content (AvgIpc) is 2.42. The Bertz CT molecular complexity index is 626. The minimum absolute atomic E-state index is 0.0519. The number of pyridine rings is 1. The summed E-state index contributed by atoms with van der Waals surface area (Å²) in [5.41, 5.74) is 6.67. The van der Waals surface area contributed by atoms with E-state index in [1.54, 1.807) is 6.20 Å². The number of rotatable bonds is 4. The Labute approximate surface area is 125 Å². The molecule has 0 spiro atoms. The molecular formula is C17H23N3O. The van der Waals surface area contributed by atoms with E-state index in [1.807, 2.05) is 30.3 Å². The van der Waals surface area contributed by atoms with Crippen molar-refractivity contribution in [3.8, 4) is 0 Å². The van der Waals surface area contributed by atoms with Gasteiger partial charge in [-0.15, -0.1) is 0 Å². The second-order valence-electron chi connectivity index (χ2n) is 6.62. The minimum atomic E-state index is -0.170. The van der Waals surface area contributed by atoms with Gasteiger partial charge in [0, 0.05) is 24.2 Å². The lowest BCUT2D eigenvalue weighted by atomic mass is 9.88. The van der Waals surface area contributed by atoms with Crippen molar-refractivity contribution < 1.29 is 4.79 Å². The Morgan fingerprint density at radius 2 is 2.00 bits per heavy atom. The summed E-state index contributed by atoms with van der Waals surface area (Å²) in [6, 6.07) is 9.59. The van der Waals surface area contributed by atoms with Gasteiger partial charge in [0.15, 0.2) is 0 Å². The highest BCUT2D eigenvalue weighted by molar-refractivity contribution is 6.05. The van der Waals surface area contributed by atoms with Crippen LogP contribution < -0.4 is 11.1 Å². The maximum atomic E-state index is 12.3. The molecule has 0 saturated heterocycles. The molecule has 4 heteroatoms. The van der Waals surface area contributed by atoms with Gasteiger partial charge in [0.25, 0.3) is 5.91 Å². The Balaban J connectivity index is 2.06. The quantitative estimate of drug-likeness (QED) is 0.907. The van der Waals surface area contributed by atoms with Crippen molar-refractivity contribution in [3.05, 3.63) is 42.2 Å². The van der Waals surface area contributed by atoms with Crippen LogP contribution in [0.4, 0.5) is 0 Å². The smallest absolute Gasteiger partial charge is 0.270 e. The molecule has 0 aliphatic carbocycles. The van der Waals surface area contributed by atoms with Crippen molar-refractivity contribution in [2.24, 2.45) is 11.1 Å². The van der Waals surface area contributed by atoms with Gasteiger partial charge in [0.05, 0.1) is 0 Å². The van der Waals surface area contributed by atoms with Gasteiger partial charge in [0.1, 0.15) is 5.69 Å². The number of nitrogens with zero attached hydrogens (tertiary/aromatic N) is 1. The summed E-state index contributed by atoms with van der Waals surface area (Å²) in [5.74, 6) is -0.170. The lowest BCUT2D eigenvalue weighted by Gasteiger charge is -2.23. The molecule has 0 aliphatic heterocycles. The van der Waals surface area contributed by atoms with Crippen molar-refractivity contribution >= 4 is 16.7 Å². The molecule has 2 rings (SSSR count). The normalized spacial score (nSPS) is 13.1. The molecular weight excluding hydrogens is 262 g/mol. The fourth-order valence-corrected chi connectivity index (χ4v) is 2.47. The number of amides is 1. The van der Waals surface area contributed by atoms with Crippen molar-refractivity contribution in [2.45, 2.75) is 33.2 Å². The van der Waals surface area contributed by atoms with E-state index in [4.69, 9.17) is 5.73 Å². The molecule has 112 valence electrons. The summed E-state index contributed by atoms with van der Waals surface area (Å²) < 4.78 is 0. The molecule has 0 aliphatic rings. The lowest BCUT2D eigenvalue weighted by molar-refractivity contribution is 0.0945. The molecule has 1 aromatic carbocycles. The zero-order chi connectivity index (χ0) is 15.5. The molecule has 0 radical (unpaired) electrons. The molecule has 0 saturated carbocycles. The Hall–Kier alpha value is -1.94. The summed E-state index contributed by atoms with van der Waals surface area (Å²) >= 11 is 0. The highest BCUT2D eigenvalue weighted by Gasteiger charge is 2.17. The summed E-state index contributed by atoms with van der Waals surface area (Å²) in [6.45, 7) is 6.88. The number of nitrogens with one attached hydrogen (secondary N) is 1. The molecule has 1 atom stereocenters. The van der Waals surface area contributed by atoms with Gasteiger partial charge < -0.3 is 11.1 Å². The Morgan fingerprint density at radius 1 is 1.29 bits per heavy atom. The maximum absolute atomic E-state index is 12.3. The van der Waals surface area contributed by atoms with Gasteiger partial charge in [-0.05, 0) is 23.3 Å². The summed E-state index contributed by atoms with van der Waals surface area (Å²) in [4.78, 5) is 16.5. The third-order valence-electron chi connectivity index (χ3n) is 3.29. The molecule has 2 aromatic rings. The maximum Gasteiger partial charge on any atom is 0.270 e. The van der Waals surface area contributed by atoms with Crippen molar-refractivity contribution in [2.75, 3.05) is 6.54 Å². The van der Waals surface area contributed by atoms with Crippen LogP contribution in [0.2, 0.25) is 0 Å². The van der Waals surface area contributed by atoms with Crippen LogP contribution in [0.15, 0.2) is 36.5 Å². The number of carbonyl (C=O) groups is 1. The predicted octanol–water partition coefficient (Wildman–Crippen LogP) is 2.73. The Morgan fingerprint density at radius 3 is 2.71 bits per heavy atom. The summed E-state index contributed by atoms with van der Waals surface area (Å²) in [5, 5.41) is 4.76. The van der Waals surface area contributed by atoms with Crippen molar-refractivity contribution in [1.29, 1.82) is 0 Å². The minimum Gasteiger partial charge on any atom is -0.349 e. The van der Waals surface area contributed by atoms with Crippen LogP contribution >= 0.6 is 0 Å². The molecule has 1 aromatic heterocycles. The molecule has 4 nitrogen and oxygen atoms in total. The molecule has 1 amide bonds. The third kappa shape index (κ3) is 4.26. The number of hydrogen-bond acceptors (Lipinski definition) is 3. The van der Waals surface area contributed by atoms with Gasteiger partial charge in [-0.25, -0.2) is 0 Å². The van der Waals surface area contributed by atoms with Gasteiger partial charge >= 0.3 is 0 Å². The second-order valence-corrected chi connectivity index (χ2v) is 6.62. The first-order valence-electron chi connectivity index (χ1n) is 7.24. The zero-order valence-electron chi connectivity index (χ0n) is 12.9. The summed E-state index contributed by atoms with van der Waals surface area (Å²) in [7, 11) is 0. The molecule has 21 heavy (non-hydrogen) atoms. The van der Waals surface area contributed by atoms with Crippen LogP contribution in [0.1, 0.15) is 37.7 Å². The standard InChI is InChI=1S/C17H23N3O/c1-17(2,3)10-13(18)11-20-16(21)15-14-7-5-4-6-12(14)8-9-19-15/h4-9,13H,10-11,18H2,1-3H3,(H,20,21). The van der Waals surface area contributed by atoms with Crippen LogP contribution in [-0.4, -0.2) is 23.5 Å². The van der Waals surface area contributed by atoms with Crippen LogP contribution in [0.5, 0.6) is 0 Å². The van der Waals surface area contributed by atoms with E-state index in [0.717, 1.165) is 17.2 Å². The number of carbonyl (C=O) groups excluding carboxylic acids is 1. The van der Waals surface area contributed by atoms with Crippen molar-refractivity contribution in [3.63, 3.8) is 0 Å². The van der Waals surface area contributed by atoms with Crippen molar-refractivity contribution in [1.82, 2.24) is 10.3 Å². The van der Waals surface area contributed by atoms with Crippen LogP contribution in [-0.2, 0) is 0 Å². The number of hydrogen-bond donors (Lipinski definition) is 2. The molecule has 0 fully saturated rings. The molecule has 1 unspecified atom stereocenters. The molecule has 0 bridgehead atoms. The molecule has 3 N–H and O–H groups in total. The highest BCUT2D eigenvalue weighted by atomic mass is 16.1. The van der Waals surface area contributed by atoms with E-state index < -0.39 is 0 Å². The SMILES string of the molecule is CC(C)(C)CC(N)CNC(=O)c1nccc2ccccc12. The predicted molar refractivity (Wildman–Crippen MR) is 86.1 cm³/mol. The first-order valence-corrected chi connectivity index (χ1v) is 7.24. The topological polar surface area (TPSA) is 68.0 Å². The van der Waals surface area contributed by atoms with Crippen LogP contribution in [0, 0.1) is 5.41 Å². The fraction of sp³-hybridized carbons (Fsp3) is 0.412. The van der Waals surface area contributed by atoms with Crippen LogP contribution in [0.25, 0.3) is 10.8 Å². The lowest BCUT2D eigenvalue weighted by Crippen LogP contribution is -2.39. The van der Waals surface area contributed by atoms with Gasteiger partial charge in [0.2, 0.25) is 0 Å². The largest absolute Gasteiger partial charge is 0.349 e. The van der Waals surface area contributed by atoms with E-state index in [1.165, 1.54) is 0 Å². The highest BCUT2D eigenvalue weighted by Crippen LogP contribution is 2.20. The van der Waals surface area contributed by atoms with E-state index in [9.17, 15) is 4.79 Å². The fourth-order valence-electron chi connectivity index (χ4n) is 2.47. The van der Waals surface area contributed by atoms with E-state index in [0.29, 0.717) is 12.2 Å². The number of aromatic nitrogens is 1. The van der Waals surface area contributed by atoms with Gasteiger partial charge in [-0.2, -0.15) is 0 Å². The first kappa shape index (κ1) is 15.4. The Kier molecular flexibility index (Phi) is 4.58. The van der Waals surface area contributed by atoms with E-state index in [-0.39, 0.29) is 17.4 Å². The van der Waals surface area contributed by atoms with E-state index in [2.05, 4.69) is 31.1 Å². The average molecular weight is 285 g/mol. The monoisotopic (exact) mass is 285 g/mol. The number of fused-ring (bicyclic) bond motifs is 1. The van der Waals surface area contributed by atoms with Crippen LogP contribution in [0.3, 0.4) is 0 Å². The third-order valence-corrected chi connectivity index (χ3v) is 3.29.